The highest BCUT2D eigenvalue weighted by molar-refractivity contribution is 7.16. The zero-order valence-corrected chi connectivity index (χ0v) is 15.3. The van der Waals surface area contributed by atoms with Crippen LogP contribution in [-0.2, 0) is 11.8 Å². The molecule has 0 atom stereocenters. The molecule has 0 N–H and O–H groups in total. The summed E-state index contributed by atoms with van der Waals surface area (Å²) in [6.07, 6.45) is 3.14. The van der Waals surface area contributed by atoms with Gasteiger partial charge in [-0.05, 0) is 48.7 Å². The number of aryl methyl sites for hydroxylation is 3. The van der Waals surface area contributed by atoms with E-state index in [0.717, 1.165) is 15.8 Å². The van der Waals surface area contributed by atoms with Crippen molar-refractivity contribution >= 4 is 45.1 Å². The smallest absolute Gasteiger partial charge is 0.272 e. The summed E-state index contributed by atoms with van der Waals surface area (Å²) in [4.78, 5) is 17.1. The number of hydrogen-bond acceptors (Lipinski definition) is 2. The van der Waals surface area contributed by atoms with Crippen molar-refractivity contribution < 1.29 is 4.79 Å². The molecule has 0 fully saturated rings. The molecule has 1 heterocycles. The Morgan fingerprint density at radius 2 is 2.00 bits per heavy atom. The van der Waals surface area contributed by atoms with Crippen molar-refractivity contribution in [3.8, 4) is 0 Å². The average molecular weight is 357 g/mol. The quantitative estimate of drug-likeness (QED) is 0.615. The lowest BCUT2D eigenvalue weighted by molar-refractivity contribution is -0.113. The largest absolute Gasteiger partial charge is 0.319 e. The minimum Gasteiger partial charge on any atom is -0.319 e. The summed E-state index contributed by atoms with van der Waals surface area (Å²) in [5.74, 6) is -0.300. The van der Waals surface area contributed by atoms with Gasteiger partial charge in [-0.1, -0.05) is 47.2 Å². The first kappa shape index (κ1) is 16.7. The number of nitrogens with zero attached hydrogens (tertiary/aromatic N) is 2. The minimum absolute atomic E-state index is 0.300. The van der Waals surface area contributed by atoms with Crippen LogP contribution in [0.3, 0.4) is 0 Å². The zero-order chi connectivity index (χ0) is 17.3. The lowest BCUT2D eigenvalue weighted by Crippen LogP contribution is -2.12. The third-order valence-corrected chi connectivity index (χ3v) is 5.38. The molecule has 1 aromatic heterocycles. The summed E-state index contributed by atoms with van der Waals surface area (Å²) in [5, 5.41) is 0.611. The maximum Gasteiger partial charge on any atom is 0.272 e. The van der Waals surface area contributed by atoms with Gasteiger partial charge in [0.25, 0.3) is 5.91 Å². The Kier molecular flexibility index (Phi) is 4.69. The molecule has 1 amide bonds. The molecule has 3 nitrogen and oxygen atoms in total. The zero-order valence-electron chi connectivity index (χ0n) is 13.7. The molecular weight excluding hydrogens is 340 g/mol. The van der Waals surface area contributed by atoms with Crippen molar-refractivity contribution in [1.82, 2.24) is 4.57 Å². The van der Waals surface area contributed by atoms with E-state index in [9.17, 15) is 4.79 Å². The number of halogens is 1. The van der Waals surface area contributed by atoms with Crippen molar-refractivity contribution in [2.45, 2.75) is 13.8 Å². The van der Waals surface area contributed by atoms with E-state index in [1.54, 1.807) is 12.1 Å². The van der Waals surface area contributed by atoms with E-state index in [0.29, 0.717) is 9.82 Å². The summed E-state index contributed by atoms with van der Waals surface area (Å²) < 4.78 is 3.12. The Balaban J connectivity index is 1.98. The van der Waals surface area contributed by atoms with Gasteiger partial charge in [0.1, 0.15) is 0 Å². The van der Waals surface area contributed by atoms with Gasteiger partial charge in [0, 0.05) is 18.1 Å². The fourth-order valence-electron chi connectivity index (χ4n) is 2.58. The van der Waals surface area contributed by atoms with E-state index in [4.69, 9.17) is 11.6 Å². The topological polar surface area (TPSA) is 34.4 Å². The van der Waals surface area contributed by atoms with E-state index in [1.807, 2.05) is 29.8 Å². The van der Waals surface area contributed by atoms with Crippen LogP contribution in [0.2, 0.25) is 5.02 Å². The normalized spacial score (nSPS) is 12.4. The Labute approximate surface area is 149 Å². The highest BCUT2D eigenvalue weighted by Crippen LogP contribution is 2.22. The molecule has 0 saturated carbocycles. The Morgan fingerprint density at radius 1 is 1.25 bits per heavy atom. The second-order valence-electron chi connectivity index (χ2n) is 5.68. The molecule has 0 aliphatic heterocycles. The number of hydrogen-bond donors (Lipinski definition) is 0. The molecule has 0 aliphatic rings. The number of aromatic nitrogens is 1. The first-order valence-electron chi connectivity index (χ1n) is 7.54. The molecule has 3 aromatic rings. The number of carbonyl (C=O) groups is 1. The highest BCUT2D eigenvalue weighted by atomic mass is 35.5. The SMILES string of the molecule is Cc1cc(C)c2sc(=NC(=O)/C=C/c3ccccc3Cl)n(C)c2c1. The van der Waals surface area contributed by atoms with Crippen LogP contribution in [-0.4, -0.2) is 10.5 Å². The second kappa shape index (κ2) is 6.75. The van der Waals surface area contributed by atoms with E-state index in [1.165, 1.54) is 28.5 Å². The number of fused-ring (bicyclic) bond motifs is 1. The van der Waals surface area contributed by atoms with E-state index < -0.39 is 0 Å². The predicted octanol–water partition coefficient (Wildman–Crippen LogP) is 4.65. The fraction of sp³-hybridized carbons (Fsp3) is 0.158. The number of thiazole rings is 1. The van der Waals surface area contributed by atoms with Gasteiger partial charge in [0.15, 0.2) is 4.80 Å². The standard InChI is InChI=1S/C19H17ClN2OS/c1-12-10-13(2)18-16(11-12)22(3)19(24-18)21-17(23)9-8-14-6-4-5-7-15(14)20/h4-11H,1-3H3/b9-8+,21-19?. The number of rotatable bonds is 2. The van der Waals surface area contributed by atoms with Crippen LogP contribution < -0.4 is 4.80 Å². The van der Waals surface area contributed by atoms with Crippen molar-refractivity contribution in [2.75, 3.05) is 0 Å². The maximum atomic E-state index is 12.2. The number of amides is 1. The summed E-state index contributed by atoms with van der Waals surface area (Å²) in [5.41, 5.74) is 4.30. The van der Waals surface area contributed by atoms with Gasteiger partial charge < -0.3 is 4.57 Å². The Hall–Kier alpha value is -2.17. The molecule has 5 heteroatoms. The lowest BCUT2D eigenvalue weighted by Gasteiger charge is -2.00. The van der Waals surface area contributed by atoms with Crippen LogP contribution >= 0.6 is 22.9 Å². The van der Waals surface area contributed by atoms with Crippen LogP contribution in [0, 0.1) is 13.8 Å². The van der Waals surface area contributed by atoms with Gasteiger partial charge in [-0.15, -0.1) is 0 Å². The van der Waals surface area contributed by atoms with Gasteiger partial charge in [0.05, 0.1) is 10.2 Å². The molecule has 2 aromatic carbocycles. The molecular formula is C19H17ClN2OS. The Bertz CT molecular complexity index is 1030. The molecule has 0 aliphatic carbocycles. The predicted molar refractivity (Wildman–Crippen MR) is 101 cm³/mol. The molecule has 0 saturated heterocycles. The maximum absolute atomic E-state index is 12.2. The summed E-state index contributed by atoms with van der Waals surface area (Å²) in [6.45, 7) is 4.15. The van der Waals surface area contributed by atoms with Gasteiger partial charge >= 0.3 is 0 Å². The van der Waals surface area contributed by atoms with E-state index in [-0.39, 0.29) is 5.91 Å². The Morgan fingerprint density at radius 3 is 2.75 bits per heavy atom. The summed E-state index contributed by atoms with van der Waals surface area (Å²) in [7, 11) is 1.93. The molecule has 122 valence electrons. The van der Waals surface area contributed by atoms with E-state index in [2.05, 4.69) is 31.0 Å². The first-order chi connectivity index (χ1) is 11.5. The summed E-state index contributed by atoms with van der Waals surface area (Å²) >= 11 is 7.61. The average Bonchev–Trinajstić information content (AvgIpc) is 2.84. The third-order valence-electron chi connectivity index (χ3n) is 3.76. The molecule has 0 spiro atoms. The van der Waals surface area contributed by atoms with Crippen LogP contribution in [0.25, 0.3) is 16.3 Å². The van der Waals surface area contributed by atoms with Crippen LogP contribution in [0.1, 0.15) is 16.7 Å². The molecule has 24 heavy (non-hydrogen) atoms. The van der Waals surface area contributed by atoms with E-state index >= 15 is 0 Å². The highest BCUT2D eigenvalue weighted by Gasteiger charge is 2.07. The van der Waals surface area contributed by atoms with Crippen molar-refractivity contribution in [3.63, 3.8) is 0 Å². The first-order valence-corrected chi connectivity index (χ1v) is 8.73. The lowest BCUT2D eigenvalue weighted by atomic mass is 10.1. The minimum atomic E-state index is -0.300. The fourth-order valence-corrected chi connectivity index (χ4v) is 3.85. The second-order valence-corrected chi connectivity index (χ2v) is 7.06. The number of carbonyl (C=O) groups excluding carboxylic acids is 1. The molecule has 0 radical (unpaired) electrons. The van der Waals surface area contributed by atoms with Gasteiger partial charge in [0.2, 0.25) is 0 Å². The van der Waals surface area contributed by atoms with Crippen LogP contribution in [0.4, 0.5) is 0 Å². The van der Waals surface area contributed by atoms with Crippen molar-refractivity contribution in [2.24, 2.45) is 12.0 Å². The van der Waals surface area contributed by atoms with Crippen LogP contribution in [0.15, 0.2) is 47.5 Å². The van der Waals surface area contributed by atoms with Gasteiger partial charge in [-0.25, -0.2) is 0 Å². The molecule has 0 bridgehead atoms. The van der Waals surface area contributed by atoms with Gasteiger partial charge in [-0.3, -0.25) is 4.79 Å². The summed E-state index contributed by atoms with van der Waals surface area (Å²) in [6, 6.07) is 11.6. The van der Waals surface area contributed by atoms with Gasteiger partial charge in [-0.2, -0.15) is 4.99 Å². The monoisotopic (exact) mass is 356 g/mol. The molecule has 0 unspecified atom stereocenters. The molecule has 3 rings (SSSR count). The third kappa shape index (κ3) is 3.35. The number of benzene rings is 2. The van der Waals surface area contributed by atoms with Crippen molar-refractivity contribution in [3.05, 3.63) is 69.0 Å². The van der Waals surface area contributed by atoms with Crippen molar-refractivity contribution in [1.29, 1.82) is 0 Å². The van der Waals surface area contributed by atoms with Crippen LogP contribution in [0.5, 0.6) is 0 Å².